The van der Waals surface area contributed by atoms with Gasteiger partial charge >= 0.3 is 0 Å². The number of hydrogen-bond donors (Lipinski definition) is 1. The van der Waals surface area contributed by atoms with Crippen LogP contribution in [0.5, 0.6) is 5.75 Å². The summed E-state index contributed by atoms with van der Waals surface area (Å²) in [5.74, 6) is -0.940. The van der Waals surface area contributed by atoms with Gasteiger partial charge in [0.05, 0.1) is 22.9 Å². The SMILES string of the molecule is COCOc1c(C#N)cccc1-c1ccc2ncc(-c3cc(F)cc(F)c3)c(N3CC[C@H](N)[C@H](OC)C3)c2c1. The van der Waals surface area contributed by atoms with Gasteiger partial charge in [0, 0.05) is 62.1 Å². The van der Waals surface area contributed by atoms with Crippen molar-refractivity contribution in [2.45, 2.75) is 18.6 Å². The summed E-state index contributed by atoms with van der Waals surface area (Å²) in [4.78, 5) is 6.77. The number of nitrogens with zero attached hydrogens (tertiary/aromatic N) is 3. The lowest BCUT2D eigenvalue weighted by Gasteiger charge is -2.38. The van der Waals surface area contributed by atoms with Gasteiger partial charge in [-0.3, -0.25) is 4.98 Å². The van der Waals surface area contributed by atoms with E-state index in [1.54, 1.807) is 25.4 Å². The van der Waals surface area contributed by atoms with Crippen molar-refractivity contribution in [1.29, 1.82) is 5.26 Å². The zero-order valence-electron chi connectivity index (χ0n) is 21.7. The van der Waals surface area contributed by atoms with Crippen LogP contribution in [-0.2, 0) is 9.47 Å². The molecule has 0 radical (unpaired) electrons. The van der Waals surface area contributed by atoms with E-state index < -0.39 is 11.6 Å². The minimum atomic E-state index is -0.673. The second-order valence-electron chi connectivity index (χ2n) is 9.43. The van der Waals surface area contributed by atoms with E-state index >= 15 is 0 Å². The molecule has 5 rings (SSSR count). The number of ether oxygens (including phenoxy) is 3. The highest BCUT2D eigenvalue weighted by Crippen LogP contribution is 2.41. The van der Waals surface area contributed by atoms with Gasteiger partial charge in [0.2, 0.25) is 0 Å². The first-order chi connectivity index (χ1) is 18.9. The Morgan fingerprint density at radius 2 is 1.85 bits per heavy atom. The average molecular weight is 531 g/mol. The Balaban J connectivity index is 1.75. The van der Waals surface area contributed by atoms with E-state index in [9.17, 15) is 14.0 Å². The van der Waals surface area contributed by atoms with E-state index in [0.29, 0.717) is 53.0 Å². The number of anilines is 1. The number of pyridine rings is 1. The number of benzene rings is 3. The Labute approximate surface area is 225 Å². The second-order valence-corrected chi connectivity index (χ2v) is 9.43. The van der Waals surface area contributed by atoms with Gasteiger partial charge in [0.1, 0.15) is 23.5 Å². The summed E-state index contributed by atoms with van der Waals surface area (Å²) >= 11 is 0. The molecular weight excluding hydrogens is 502 g/mol. The predicted octanol–water partition coefficient (Wildman–Crippen LogP) is 5.25. The van der Waals surface area contributed by atoms with Crippen LogP contribution in [0.2, 0.25) is 0 Å². The van der Waals surface area contributed by atoms with Crippen molar-refractivity contribution >= 4 is 16.6 Å². The van der Waals surface area contributed by atoms with Gasteiger partial charge in [0.25, 0.3) is 0 Å². The fourth-order valence-electron chi connectivity index (χ4n) is 5.12. The van der Waals surface area contributed by atoms with Crippen LogP contribution in [0.15, 0.2) is 60.8 Å². The number of para-hydroxylation sites is 1. The standard InChI is InChI=1S/C30H28F2N4O3/c1-37-17-39-30-19(14-33)4-3-5-23(30)18-6-7-27-24(12-18)29(36-9-8-26(34)28(16-36)38-2)25(15-35-27)20-10-21(31)13-22(32)11-20/h3-7,10-13,15,26,28H,8-9,16-17,34H2,1-2H3/t26-,28+/m0/s1. The number of rotatable bonds is 7. The summed E-state index contributed by atoms with van der Waals surface area (Å²) in [6.07, 6.45) is 2.10. The number of halogens is 2. The van der Waals surface area contributed by atoms with Crippen LogP contribution in [-0.4, -0.2) is 51.2 Å². The van der Waals surface area contributed by atoms with Gasteiger partial charge in [-0.15, -0.1) is 0 Å². The zero-order chi connectivity index (χ0) is 27.5. The van der Waals surface area contributed by atoms with Crippen molar-refractivity contribution < 1.29 is 23.0 Å². The van der Waals surface area contributed by atoms with E-state index in [1.807, 2.05) is 24.3 Å². The molecule has 7 nitrogen and oxygen atoms in total. The number of nitriles is 1. The van der Waals surface area contributed by atoms with Crippen LogP contribution < -0.4 is 15.4 Å². The first kappa shape index (κ1) is 26.5. The lowest BCUT2D eigenvalue weighted by molar-refractivity contribution is 0.0513. The molecule has 0 bridgehead atoms. The molecule has 1 saturated heterocycles. The van der Waals surface area contributed by atoms with E-state index in [-0.39, 0.29) is 18.9 Å². The maximum Gasteiger partial charge on any atom is 0.188 e. The maximum absolute atomic E-state index is 14.3. The van der Waals surface area contributed by atoms with Gasteiger partial charge in [-0.2, -0.15) is 5.26 Å². The molecule has 0 amide bonds. The van der Waals surface area contributed by atoms with Gasteiger partial charge in [0.15, 0.2) is 6.79 Å². The number of nitrogens with two attached hydrogens (primary N) is 1. The highest BCUT2D eigenvalue weighted by molar-refractivity contribution is 6.02. The van der Waals surface area contributed by atoms with Crippen molar-refractivity contribution in [2.24, 2.45) is 5.73 Å². The van der Waals surface area contributed by atoms with Crippen LogP contribution in [0.1, 0.15) is 12.0 Å². The fraction of sp³-hybridized carbons (Fsp3) is 0.267. The molecule has 1 fully saturated rings. The molecule has 0 spiro atoms. The molecular formula is C30H28F2N4O3. The third kappa shape index (κ3) is 5.27. The largest absolute Gasteiger partial charge is 0.466 e. The lowest BCUT2D eigenvalue weighted by atomic mass is 9.94. The lowest BCUT2D eigenvalue weighted by Crippen LogP contribution is -2.51. The molecule has 200 valence electrons. The average Bonchev–Trinajstić information content (AvgIpc) is 2.94. The number of aromatic nitrogens is 1. The summed E-state index contributed by atoms with van der Waals surface area (Å²) in [6.45, 7) is 1.10. The molecule has 0 unspecified atom stereocenters. The number of fused-ring (bicyclic) bond motifs is 1. The third-order valence-electron chi connectivity index (χ3n) is 7.01. The van der Waals surface area contributed by atoms with E-state index in [4.69, 9.17) is 19.9 Å². The van der Waals surface area contributed by atoms with Crippen molar-refractivity contribution in [3.63, 3.8) is 0 Å². The topological polar surface area (TPSA) is 93.6 Å². The number of hydrogen-bond acceptors (Lipinski definition) is 7. The van der Waals surface area contributed by atoms with Gasteiger partial charge in [-0.05, 0) is 47.9 Å². The summed E-state index contributed by atoms with van der Waals surface area (Å²) in [5.41, 5.74) is 10.6. The molecule has 2 heterocycles. The highest BCUT2D eigenvalue weighted by atomic mass is 19.1. The van der Waals surface area contributed by atoms with E-state index in [0.717, 1.165) is 22.7 Å². The number of piperidine rings is 1. The Kier molecular flexibility index (Phi) is 7.70. The molecule has 4 aromatic rings. The molecule has 2 N–H and O–H groups in total. The summed E-state index contributed by atoms with van der Waals surface area (Å²) in [6, 6.07) is 16.6. The minimum Gasteiger partial charge on any atom is -0.466 e. The molecule has 0 aliphatic carbocycles. The molecule has 39 heavy (non-hydrogen) atoms. The van der Waals surface area contributed by atoms with Crippen LogP contribution in [0.4, 0.5) is 14.5 Å². The van der Waals surface area contributed by atoms with E-state index in [2.05, 4.69) is 16.0 Å². The van der Waals surface area contributed by atoms with Crippen molar-refractivity contribution in [2.75, 3.05) is 39.0 Å². The zero-order valence-corrected chi connectivity index (χ0v) is 21.7. The smallest absolute Gasteiger partial charge is 0.188 e. The second kappa shape index (κ2) is 11.3. The summed E-state index contributed by atoms with van der Waals surface area (Å²) in [7, 11) is 3.14. The van der Waals surface area contributed by atoms with E-state index in [1.165, 1.54) is 19.2 Å². The van der Waals surface area contributed by atoms with Gasteiger partial charge in [-0.25, -0.2) is 8.78 Å². The maximum atomic E-state index is 14.3. The first-order valence-corrected chi connectivity index (χ1v) is 12.5. The van der Waals surface area contributed by atoms with Crippen LogP contribution >= 0.6 is 0 Å². The fourth-order valence-corrected chi connectivity index (χ4v) is 5.12. The van der Waals surface area contributed by atoms with Crippen LogP contribution in [0, 0.1) is 23.0 Å². The van der Waals surface area contributed by atoms with Crippen molar-refractivity contribution in [3.8, 4) is 34.1 Å². The molecule has 1 aliphatic rings. The Hall–Kier alpha value is -4.10. The first-order valence-electron chi connectivity index (χ1n) is 12.5. The molecule has 3 aromatic carbocycles. The Morgan fingerprint density at radius 3 is 2.56 bits per heavy atom. The van der Waals surface area contributed by atoms with Crippen molar-refractivity contribution in [1.82, 2.24) is 4.98 Å². The molecule has 2 atom stereocenters. The minimum absolute atomic E-state index is 0.0200. The Morgan fingerprint density at radius 1 is 1.05 bits per heavy atom. The highest BCUT2D eigenvalue weighted by Gasteiger charge is 2.29. The van der Waals surface area contributed by atoms with Crippen molar-refractivity contribution in [3.05, 3.63) is 78.0 Å². The normalized spacial score (nSPS) is 17.3. The summed E-state index contributed by atoms with van der Waals surface area (Å²) < 4.78 is 45.2. The monoisotopic (exact) mass is 530 g/mol. The van der Waals surface area contributed by atoms with Crippen LogP contribution in [0.3, 0.4) is 0 Å². The quantitative estimate of drug-likeness (QED) is 0.326. The third-order valence-corrected chi connectivity index (χ3v) is 7.01. The summed E-state index contributed by atoms with van der Waals surface area (Å²) in [5, 5.41) is 10.5. The molecule has 9 heteroatoms. The van der Waals surface area contributed by atoms with Gasteiger partial charge < -0.3 is 24.8 Å². The Bertz CT molecular complexity index is 1540. The molecule has 1 aromatic heterocycles. The number of methoxy groups -OCH3 is 2. The predicted molar refractivity (Wildman–Crippen MR) is 145 cm³/mol. The van der Waals surface area contributed by atoms with Gasteiger partial charge in [-0.1, -0.05) is 18.2 Å². The van der Waals surface area contributed by atoms with Crippen LogP contribution in [0.25, 0.3) is 33.2 Å². The molecule has 0 saturated carbocycles. The molecule has 1 aliphatic heterocycles.